The molecule has 0 spiro atoms. The number of fused-ring (bicyclic) bond motifs is 2. The highest BCUT2D eigenvalue weighted by atomic mass is 32.2. The van der Waals surface area contributed by atoms with Crippen molar-refractivity contribution < 1.29 is 61.3 Å². The highest BCUT2D eigenvalue weighted by Crippen LogP contribution is 2.51. The summed E-state index contributed by atoms with van der Waals surface area (Å²) < 4.78 is 138. The molecule has 2 aromatic carbocycles. The second kappa shape index (κ2) is 19.2. The fourth-order valence-electron chi connectivity index (χ4n) is 7.74. The lowest BCUT2D eigenvalue weighted by Gasteiger charge is -2.30. The van der Waals surface area contributed by atoms with E-state index in [-0.39, 0.29) is 49.7 Å². The molecule has 0 aliphatic carbocycles. The van der Waals surface area contributed by atoms with Crippen molar-refractivity contribution >= 4 is 63.5 Å². The van der Waals surface area contributed by atoms with E-state index < -0.39 is 67.7 Å². The number of carbonyl (C=O) groups excluding carboxylic acids is 1. The van der Waals surface area contributed by atoms with E-state index in [1.165, 1.54) is 36.4 Å². The lowest BCUT2D eigenvalue weighted by atomic mass is 9.77. The Bertz CT molecular complexity index is 2570. The van der Waals surface area contributed by atoms with Gasteiger partial charge in [0.15, 0.2) is 5.71 Å². The number of amides is 1. The highest BCUT2D eigenvalue weighted by Gasteiger charge is 2.46. The number of carbonyl (C=O) groups is 1. The molecule has 0 saturated carbocycles. The first-order valence-electron chi connectivity index (χ1n) is 19.0. The van der Waals surface area contributed by atoms with Gasteiger partial charge in [0.1, 0.15) is 16.7 Å². The van der Waals surface area contributed by atoms with Gasteiger partial charge >= 0.3 is 0 Å². The molecule has 1 atom stereocenters. The van der Waals surface area contributed by atoms with Gasteiger partial charge in [-0.1, -0.05) is 24.0 Å². The number of azide groups is 1. The summed E-state index contributed by atoms with van der Waals surface area (Å²) >= 11 is 0. The third kappa shape index (κ3) is 12.4. The Morgan fingerprint density at radius 1 is 0.883 bits per heavy atom. The fourth-order valence-corrected chi connectivity index (χ4v) is 9.73. The standard InChI is InChI=1S/C37H50N6O13S4/c1-36(2)29-25-27(59(51,52)53)14-16-31(29)42(21-9-23-57(45,46)47)33(36)11-7-12-34-37(3,18-6-4-5-13-35(44)39-19-8-20-40-41-38)30-26-28(60(54,55)56)15-17-32(30)43(34)22-10-24-58(48,49)50/h7,11-12,14-17,25-26H,4-6,8-10,13,18-24H2,1-3H3,(H4-,39,44,45,46,47,48,49,50,51,52,53,54,55,56). The van der Waals surface area contributed by atoms with Gasteiger partial charge in [0.2, 0.25) is 11.6 Å². The van der Waals surface area contributed by atoms with Gasteiger partial charge in [0.05, 0.1) is 26.7 Å². The molecule has 1 unspecified atom stereocenters. The molecule has 19 nitrogen and oxygen atoms in total. The van der Waals surface area contributed by atoms with Gasteiger partial charge in [-0.3, -0.25) is 18.5 Å². The number of benzene rings is 2. The van der Waals surface area contributed by atoms with E-state index in [0.29, 0.717) is 72.6 Å². The van der Waals surface area contributed by atoms with Crippen molar-refractivity contribution in [1.29, 1.82) is 0 Å². The fraction of sp³-hybridized carbons (Fsp3) is 0.514. The summed E-state index contributed by atoms with van der Waals surface area (Å²) in [6, 6.07) is 7.98. The van der Waals surface area contributed by atoms with Crippen LogP contribution in [0.4, 0.5) is 11.4 Å². The van der Waals surface area contributed by atoms with Gasteiger partial charge in [0, 0.05) is 71.9 Å². The topological polar surface area (TPSA) is 304 Å². The number of hydrogen-bond donors (Lipinski definition) is 4. The Morgan fingerprint density at radius 2 is 1.53 bits per heavy atom. The third-order valence-corrected chi connectivity index (χ3v) is 13.9. The Morgan fingerprint density at radius 3 is 2.17 bits per heavy atom. The molecule has 2 aliphatic rings. The molecule has 0 aromatic heterocycles. The van der Waals surface area contributed by atoms with E-state index in [4.69, 9.17) is 5.53 Å². The van der Waals surface area contributed by atoms with Crippen LogP contribution in [0.2, 0.25) is 0 Å². The van der Waals surface area contributed by atoms with Crippen LogP contribution in [0, 0.1) is 0 Å². The molecule has 1 amide bonds. The summed E-state index contributed by atoms with van der Waals surface area (Å²) in [6.45, 7) is 6.21. The number of unbranched alkanes of at least 4 members (excludes halogenated alkanes) is 2. The smallest absolute Gasteiger partial charge is 0.294 e. The van der Waals surface area contributed by atoms with Crippen molar-refractivity contribution in [3.63, 3.8) is 0 Å². The van der Waals surface area contributed by atoms with Crippen molar-refractivity contribution in [2.75, 3.05) is 42.6 Å². The summed E-state index contributed by atoms with van der Waals surface area (Å²) in [7, 11) is -18.2. The molecular weight excluding hydrogens is 865 g/mol. The van der Waals surface area contributed by atoms with Gasteiger partial charge in [-0.15, -0.1) is 0 Å². The van der Waals surface area contributed by atoms with Gasteiger partial charge in [-0.05, 0) is 94.0 Å². The van der Waals surface area contributed by atoms with Crippen LogP contribution >= 0.6 is 0 Å². The molecule has 330 valence electrons. The van der Waals surface area contributed by atoms with E-state index in [1.54, 1.807) is 41.6 Å². The Labute approximate surface area is 350 Å². The van der Waals surface area contributed by atoms with Crippen molar-refractivity contribution in [3.8, 4) is 0 Å². The van der Waals surface area contributed by atoms with Gasteiger partial charge in [-0.25, -0.2) is 8.42 Å². The summed E-state index contributed by atoms with van der Waals surface area (Å²) in [6.07, 6.45) is 7.85. The molecule has 60 heavy (non-hydrogen) atoms. The first-order valence-corrected chi connectivity index (χ1v) is 25.1. The van der Waals surface area contributed by atoms with E-state index in [2.05, 4.69) is 15.3 Å². The summed E-state index contributed by atoms with van der Waals surface area (Å²) in [5.41, 5.74) is 9.70. The zero-order chi connectivity index (χ0) is 44.7. The van der Waals surface area contributed by atoms with Crippen LogP contribution in [0.3, 0.4) is 0 Å². The summed E-state index contributed by atoms with van der Waals surface area (Å²) in [5, 5.41) is 6.20. The molecule has 4 N–H and O–H groups in total. The quantitative estimate of drug-likeness (QED) is 0.0309. The Kier molecular flexibility index (Phi) is 15.5. The SMILES string of the molecule is CC1(C)C(/C=C/C=C2/N(CCCS(=O)(=O)O)c3ccc(S(=O)(=O)[O-])cc3C2(C)CCCCCC(=O)NCCCN=[N+]=[N-])=[N+](CCCS(=O)(=O)O)c2ccc(S(=O)(=O)O)cc21. The summed E-state index contributed by atoms with van der Waals surface area (Å²) in [5.74, 6) is -1.30. The molecule has 2 aliphatic heterocycles. The Balaban J connectivity index is 1.77. The second-order valence-corrected chi connectivity index (χ2v) is 21.3. The number of hydrogen-bond acceptors (Lipinski definition) is 12. The molecule has 0 fully saturated rings. The maximum absolute atomic E-state index is 12.4. The normalized spacial score (nSPS) is 18.5. The van der Waals surface area contributed by atoms with Crippen molar-refractivity contribution in [3.05, 3.63) is 81.9 Å². The maximum Gasteiger partial charge on any atom is 0.294 e. The highest BCUT2D eigenvalue weighted by molar-refractivity contribution is 7.86. The summed E-state index contributed by atoms with van der Waals surface area (Å²) in [4.78, 5) is 16.0. The zero-order valence-electron chi connectivity index (χ0n) is 33.4. The van der Waals surface area contributed by atoms with Crippen molar-refractivity contribution in [2.24, 2.45) is 5.11 Å². The number of allylic oxidation sites excluding steroid dienone is 4. The number of nitrogens with one attached hydrogen (secondary N) is 1. The van der Waals surface area contributed by atoms with Crippen LogP contribution in [0.15, 0.2) is 75.2 Å². The minimum atomic E-state index is -4.90. The van der Waals surface area contributed by atoms with E-state index >= 15 is 0 Å². The van der Waals surface area contributed by atoms with Crippen LogP contribution in [0.5, 0.6) is 0 Å². The first kappa shape index (κ1) is 48.5. The lowest BCUT2D eigenvalue weighted by molar-refractivity contribution is -0.437. The molecule has 4 rings (SSSR count). The molecule has 0 bridgehead atoms. The van der Waals surface area contributed by atoms with E-state index in [1.807, 2.05) is 6.92 Å². The second-order valence-electron chi connectivity index (χ2n) is 15.3. The van der Waals surface area contributed by atoms with E-state index in [9.17, 15) is 56.7 Å². The van der Waals surface area contributed by atoms with Crippen molar-refractivity contribution in [1.82, 2.24) is 5.32 Å². The molecule has 23 heteroatoms. The zero-order valence-corrected chi connectivity index (χ0v) is 36.7. The Hall–Kier alpha value is -4.19. The first-order chi connectivity index (χ1) is 27.8. The molecule has 0 saturated heterocycles. The minimum absolute atomic E-state index is 0.00814. The predicted molar refractivity (Wildman–Crippen MR) is 222 cm³/mol. The van der Waals surface area contributed by atoms with Crippen molar-refractivity contribution in [2.45, 2.75) is 92.8 Å². The molecular formula is C37H50N6O13S4. The van der Waals surface area contributed by atoms with E-state index in [0.717, 1.165) is 0 Å². The van der Waals surface area contributed by atoms with Gasteiger partial charge in [0.25, 0.3) is 30.4 Å². The lowest BCUT2D eigenvalue weighted by Crippen LogP contribution is -2.30. The van der Waals surface area contributed by atoms with Crippen LogP contribution in [-0.2, 0) is 56.1 Å². The molecule has 2 heterocycles. The van der Waals surface area contributed by atoms with Crippen LogP contribution in [-0.4, -0.2) is 106 Å². The van der Waals surface area contributed by atoms with Crippen LogP contribution < -0.4 is 10.2 Å². The predicted octanol–water partition coefficient (Wildman–Crippen LogP) is 4.75. The van der Waals surface area contributed by atoms with Gasteiger partial charge < -0.3 is 14.8 Å². The molecule has 2 aromatic rings. The maximum atomic E-state index is 12.4. The average Bonchev–Trinajstić information content (AvgIpc) is 3.48. The number of anilines is 1. The van der Waals surface area contributed by atoms with Crippen LogP contribution in [0.1, 0.15) is 83.3 Å². The number of nitrogens with zero attached hydrogens (tertiary/aromatic N) is 5. The van der Waals surface area contributed by atoms with Crippen LogP contribution in [0.25, 0.3) is 10.4 Å². The minimum Gasteiger partial charge on any atom is -0.744 e. The van der Waals surface area contributed by atoms with Gasteiger partial charge in [-0.2, -0.15) is 29.8 Å². The average molecular weight is 915 g/mol. The largest absolute Gasteiger partial charge is 0.744 e. The molecule has 0 radical (unpaired) electrons. The number of rotatable bonds is 22. The third-order valence-electron chi connectivity index (χ3n) is 10.6. The monoisotopic (exact) mass is 914 g/mol.